The quantitative estimate of drug-likeness (QED) is 0.616. The van der Waals surface area contributed by atoms with Crippen molar-refractivity contribution in [1.82, 2.24) is 15.0 Å². The lowest BCUT2D eigenvalue weighted by molar-refractivity contribution is -0.120. The first-order chi connectivity index (χ1) is 10.7. The fourth-order valence-electron chi connectivity index (χ4n) is 2.05. The van der Waals surface area contributed by atoms with E-state index in [4.69, 9.17) is 4.74 Å². The molecule has 110 valence electrons. The van der Waals surface area contributed by atoms with Gasteiger partial charge >= 0.3 is 11.4 Å². The number of rotatable bonds is 4. The van der Waals surface area contributed by atoms with Crippen LogP contribution >= 0.6 is 0 Å². The van der Waals surface area contributed by atoms with Crippen molar-refractivity contribution in [3.05, 3.63) is 57.4 Å². The highest BCUT2D eigenvalue weighted by Gasteiger charge is 2.08. The minimum absolute atomic E-state index is 0.0558. The van der Waals surface area contributed by atoms with Crippen LogP contribution in [0.15, 0.2) is 46.0 Å². The number of H-pyrrole nitrogens is 2. The van der Waals surface area contributed by atoms with E-state index in [1.54, 1.807) is 12.1 Å². The van der Waals surface area contributed by atoms with Crippen molar-refractivity contribution in [2.45, 2.75) is 0 Å². The Morgan fingerprint density at radius 2 is 1.82 bits per heavy atom. The maximum atomic E-state index is 11.2. The van der Waals surface area contributed by atoms with Gasteiger partial charge in [0.05, 0.1) is 5.69 Å². The second-order valence-corrected chi connectivity index (χ2v) is 4.38. The maximum absolute atomic E-state index is 11.2. The topological polar surface area (TPSA) is 117 Å². The van der Waals surface area contributed by atoms with E-state index in [0.29, 0.717) is 12.2 Å². The van der Waals surface area contributed by atoms with E-state index in [1.807, 2.05) is 29.2 Å². The van der Waals surface area contributed by atoms with E-state index in [0.717, 1.165) is 10.8 Å². The Bertz CT molecular complexity index is 932. The Labute approximate surface area is 122 Å². The second kappa shape index (κ2) is 5.52. The van der Waals surface area contributed by atoms with E-state index in [9.17, 15) is 14.4 Å². The summed E-state index contributed by atoms with van der Waals surface area (Å²) in [6, 6.07) is 10.8. The molecule has 3 N–H and O–H groups in total. The molecule has 0 unspecified atom stereocenters. The number of carbonyl (C=O) groups excluding carboxylic acids is 1. The minimum Gasteiger partial charge on any atom is -0.427 e. The zero-order valence-corrected chi connectivity index (χ0v) is 11.1. The van der Waals surface area contributed by atoms with Gasteiger partial charge in [-0.05, 0) is 22.9 Å². The number of hydrogen-bond acceptors (Lipinski definition) is 6. The van der Waals surface area contributed by atoms with Crippen LogP contribution in [0.2, 0.25) is 0 Å². The third-order valence-corrected chi connectivity index (χ3v) is 2.94. The molecule has 0 radical (unpaired) electrons. The SMILES string of the molecule is O=COc1cc2ccccc2cc1Nc1nc(=O)[nH]c(=O)[nH]1. The molecule has 0 amide bonds. The number of fused-ring (bicyclic) bond motifs is 1. The number of anilines is 2. The Hall–Kier alpha value is -3.42. The van der Waals surface area contributed by atoms with Gasteiger partial charge in [0, 0.05) is 0 Å². The molecule has 0 aliphatic rings. The summed E-state index contributed by atoms with van der Waals surface area (Å²) in [5.41, 5.74) is -1.09. The van der Waals surface area contributed by atoms with E-state index >= 15 is 0 Å². The summed E-state index contributed by atoms with van der Waals surface area (Å²) in [4.78, 5) is 41.0. The molecule has 0 atom stereocenters. The summed E-state index contributed by atoms with van der Waals surface area (Å²) in [7, 11) is 0. The Kier molecular flexibility index (Phi) is 3.40. The van der Waals surface area contributed by atoms with E-state index < -0.39 is 11.4 Å². The highest BCUT2D eigenvalue weighted by atomic mass is 16.5. The number of aromatic nitrogens is 3. The highest BCUT2D eigenvalue weighted by molar-refractivity contribution is 5.89. The molecule has 0 bridgehead atoms. The van der Waals surface area contributed by atoms with Gasteiger partial charge in [-0.3, -0.25) is 14.8 Å². The molecule has 1 heterocycles. The van der Waals surface area contributed by atoms with Crippen molar-refractivity contribution >= 4 is 28.9 Å². The first-order valence-corrected chi connectivity index (χ1v) is 6.26. The van der Waals surface area contributed by atoms with Crippen LogP contribution in [0.25, 0.3) is 10.8 Å². The first-order valence-electron chi connectivity index (χ1n) is 6.26. The summed E-state index contributed by atoms with van der Waals surface area (Å²) in [6.07, 6.45) is 0. The number of nitrogens with zero attached hydrogens (tertiary/aromatic N) is 1. The number of carbonyl (C=O) groups is 1. The highest BCUT2D eigenvalue weighted by Crippen LogP contribution is 2.31. The van der Waals surface area contributed by atoms with Crippen LogP contribution in [0.3, 0.4) is 0 Å². The molecule has 2 aromatic carbocycles. The summed E-state index contributed by atoms with van der Waals surface area (Å²) >= 11 is 0. The van der Waals surface area contributed by atoms with Crippen LogP contribution in [0.4, 0.5) is 11.6 Å². The van der Waals surface area contributed by atoms with Crippen LogP contribution in [0.1, 0.15) is 0 Å². The number of hydrogen-bond donors (Lipinski definition) is 3. The summed E-state index contributed by atoms with van der Waals surface area (Å²) in [5, 5.41) is 4.52. The lowest BCUT2D eigenvalue weighted by atomic mass is 10.1. The number of nitrogens with one attached hydrogen (secondary N) is 3. The molecule has 0 spiro atoms. The van der Waals surface area contributed by atoms with Gasteiger partial charge in [-0.1, -0.05) is 24.3 Å². The number of benzene rings is 2. The molecule has 0 aliphatic carbocycles. The average molecular weight is 298 g/mol. The number of ether oxygens (including phenoxy) is 1. The van der Waals surface area contributed by atoms with E-state index in [2.05, 4.69) is 15.3 Å². The molecule has 1 aromatic heterocycles. The molecule has 0 saturated heterocycles. The van der Waals surface area contributed by atoms with E-state index in [-0.39, 0.29) is 11.7 Å². The fraction of sp³-hybridized carbons (Fsp3) is 0. The van der Waals surface area contributed by atoms with Crippen LogP contribution in [0.5, 0.6) is 5.75 Å². The van der Waals surface area contributed by atoms with Crippen molar-refractivity contribution in [3.63, 3.8) is 0 Å². The van der Waals surface area contributed by atoms with Gasteiger partial charge in [0.25, 0.3) is 6.47 Å². The van der Waals surface area contributed by atoms with Crippen molar-refractivity contribution in [2.75, 3.05) is 5.32 Å². The monoisotopic (exact) mass is 298 g/mol. The molecule has 8 heteroatoms. The largest absolute Gasteiger partial charge is 0.427 e. The Morgan fingerprint density at radius 1 is 1.09 bits per heavy atom. The van der Waals surface area contributed by atoms with Crippen molar-refractivity contribution in [1.29, 1.82) is 0 Å². The molecule has 3 rings (SSSR count). The standard InChI is InChI=1S/C14H10N4O4/c19-7-22-11-6-9-4-2-1-3-8(9)5-10(11)15-12-16-13(20)18-14(21)17-12/h1-7H,(H3,15,16,17,18,20,21). The Morgan fingerprint density at radius 3 is 2.50 bits per heavy atom. The summed E-state index contributed by atoms with van der Waals surface area (Å²) < 4.78 is 4.93. The van der Waals surface area contributed by atoms with Gasteiger partial charge in [-0.2, -0.15) is 4.98 Å². The molecule has 22 heavy (non-hydrogen) atoms. The van der Waals surface area contributed by atoms with Crippen molar-refractivity contribution in [2.24, 2.45) is 0 Å². The fourth-order valence-corrected chi connectivity index (χ4v) is 2.05. The minimum atomic E-state index is -0.787. The molecule has 0 saturated carbocycles. The van der Waals surface area contributed by atoms with Crippen LogP contribution < -0.4 is 21.4 Å². The predicted octanol–water partition coefficient (Wildman–Crippen LogP) is 0.890. The first kappa shape index (κ1) is 13.6. The molecular weight excluding hydrogens is 288 g/mol. The molecule has 3 aromatic rings. The summed E-state index contributed by atoms with van der Waals surface area (Å²) in [5.74, 6) is 0.191. The van der Waals surface area contributed by atoms with Gasteiger partial charge in [0.2, 0.25) is 5.95 Å². The van der Waals surface area contributed by atoms with Gasteiger partial charge in [-0.25, -0.2) is 9.59 Å². The average Bonchev–Trinajstić information content (AvgIpc) is 2.47. The van der Waals surface area contributed by atoms with Gasteiger partial charge in [-0.15, -0.1) is 0 Å². The molecule has 8 nitrogen and oxygen atoms in total. The van der Waals surface area contributed by atoms with Gasteiger partial charge < -0.3 is 10.1 Å². The normalized spacial score (nSPS) is 10.4. The van der Waals surface area contributed by atoms with Crippen LogP contribution in [0, 0.1) is 0 Å². The van der Waals surface area contributed by atoms with Crippen LogP contribution in [-0.4, -0.2) is 21.4 Å². The third-order valence-electron chi connectivity index (χ3n) is 2.94. The van der Waals surface area contributed by atoms with E-state index in [1.165, 1.54) is 0 Å². The molecule has 0 fully saturated rings. The van der Waals surface area contributed by atoms with Gasteiger partial charge in [0.15, 0.2) is 5.75 Å². The smallest absolute Gasteiger partial charge is 0.352 e. The lowest BCUT2D eigenvalue weighted by Gasteiger charge is -2.10. The summed E-state index contributed by atoms with van der Waals surface area (Å²) in [6.45, 7) is 0.295. The van der Waals surface area contributed by atoms with Crippen molar-refractivity contribution < 1.29 is 9.53 Å². The van der Waals surface area contributed by atoms with Crippen molar-refractivity contribution in [3.8, 4) is 5.75 Å². The molecular formula is C14H10N4O4. The predicted molar refractivity (Wildman–Crippen MR) is 79.4 cm³/mol. The van der Waals surface area contributed by atoms with Gasteiger partial charge in [0.1, 0.15) is 0 Å². The number of aromatic amines is 2. The zero-order chi connectivity index (χ0) is 15.5. The zero-order valence-electron chi connectivity index (χ0n) is 11.1. The maximum Gasteiger partial charge on any atom is 0.352 e. The Balaban J connectivity index is 2.11. The molecule has 0 aliphatic heterocycles. The lowest BCUT2D eigenvalue weighted by Crippen LogP contribution is -2.25. The van der Waals surface area contributed by atoms with Crippen LogP contribution in [-0.2, 0) is 4.79 Å². The second-order valence-electron chi connectivity index (χ2n) is 4.38. The third kappa shape index (κ3) is 2.70.